The quantitative estimate of drug-likeness (QED) is 0.727. The van der Waals surface area contributed by atoms with Gasteiger partial charge in [-0.25, -0.2) is 5.01 Å². The number of pyridine rings is 1. The van der Waals surface area contributed by atoms with Crippen LogP contribution in [0, 0.1) is 0 Å². The average Bonchev–Trinajstić information content (AvgIpc) is 2.72. The SMILES string of the molecule is C=C1CN(C(=O)c2cccnc2)N(C(C)C)C1. The van der Waals surface area contributed by atoms with Gasteiger partial charge in [-0.3, -0.25) is 14.8 Å². The van der Waals surface area contributed by atoms with Crippen molar-refractivity contribution in [3.8, 4) is 0 Å². The third kappa shape index (κ3) is 2.36. The molecule has 2 rings (SSSR count). The van der Waals surface area contributed by atoms with E-state index in [9.17, 15) is 4.79 Å². The van der Waals surface area contributed by atoms with Gasteiger partial charge in [0.15, 0.2) is 0 Å². The lowest BCUT2D eigenvalue weighted by Gasteiger charge is -2.30. The molecule has 2 heterocycles. The predicted octanol–water partition coefficient (Wildman–Crippen LogP) is 1.72. The first-order chi connectivity index (χ1) is 8.09. The normalized spacial score (nSPS) is 16.9. The number of amides is 1. The summed E-state index contributed by atoms with van der Waals surface area (Å²) in [6.45, 7) is 9.46. The van der Waals surface area contributed by atoms with Crippen LogP contribution in [0.4, 0.5) is 0 Å². The largest absolute Gasteiger partial charge is 0.270 e. The van der Waals surface area contributed by atoms with Crippen molar-refractivity contribution >= 4 is 5.91 Å². The number of carbonyl (C=O) groups excluding carboxylic acids is 1. The molecule has 1 aromatic rings. The number of rotatable bonds is 2. The van der Waals surface area contributed by atoms with Crippen LogP contribution in [-0.4, -0.2) is 40.0 Å². The second-order valence-corrected chi connectivity index (χ2v) is 4.55. The zero-order chi connectivity index (χ0) is 12.4. The van der Waals surface area contributed by atoms with Crippen LogP contribution in [0.5, 0.6) is 0 Å². The van der Waals surface area contributed by atoms with E-state index >= 15 is 0 Å². The minimum atomic E-state index is -0.00884. The maximum atomic E-state index is 12.3. The molecule has 0 N–H and O–H groups in total. The monoisotopic (exact) mass is 231 g/mol. The van der Waals surface area contributed by atoms with Crippen LogP contribution >= 0.6 is 0 Å². The van der Waals surface area contributed by atoms with Gasteiger partial charge in [-0.05, 0) is 31.6 Å². The average molecular weight is 231 g/mol. The molecule has 0 saturated carbocycles. The highest BCUT2D eigenvalue weighted by atomic mass is 16.2. The summed E-state index contributed by atoms with van der Waals surface area (Å²) in [5.41, 5.74) is 1.68. The van der Waals surface area contributed by atoms with E-state index in [1.807, 2.05) is 5.01 Å². The lowest BCUT2D eigenvalue weighted by Crippen LogP contribution is -2.44. The van der Waals surface area contributed by atoms with Crippen LogP contribution in [0.1, 0.15) is 24.2 Å². The second kappa shape index (κ2) is 4.67. The molecule has 0 aliphatic carbocycles. The molecule has 1 aromatic heterocycles. The predicted molar refractivity (Wildman–Crippen MR) is 66.3 cm³/mol. The highest BCUT2D eigenvalue weighted by Gasteiger charge is 2.31. The van der Waals surface area contributed by atoms with Crippen molar-refractivity contribution in [2.24, 2.45) is 0 Å². The Labute approximate surface area is 102 Å². The van der Waals surface area contributed by atoms with Crippen molar-refractivity contribution in [2.75, 3.05) is 13.1 Å². The molecule has 4 nitrogen and oxygen atoms in total. The van der Waals surface area contributed by atoms with Crippen LogP contribution < -0.4 is 0 Å². The summed E-state index contributed by atoms with van der Waals surface area (Å²) in [6.07, 6.45) is 3.27. The summed E-state index contributed by atoms with van der Waals surface area (Å²) < 4.78 is 0. The smallest absolute Gasteiger partial charge is 0.268 e. The van der Waals surface area contributed by atoms with Crippen molar-refractivity contribution in [3.63, 3.8) is 0 Å². The molecule has 0 spiro atoms. The standard InChI is InChI=1S/C13H17N3O/c1-10(2)15-8-11(3)9-16(15)13(17)12-5-4-6-14-7-12/h4-7,10H,3,8-9H2,1-2H3. The fourth-order valence-corrected chi connectivity index (χ4v) is 1.96. The van der Waals surface area contributed by atoms with Crippen LogP contribution in [0.3, 0.4) is 0 Å². The molecule has 0 atom stereocenters. The molecule has 4 heteroatoms. The van der Waals surface area contributed by atoms with Crippen molar-refractivity contribution in [1.82, 2.24) is 15.0 Å². The Balaban J connectivity index is 2.22. The number of hydrogen-bond donors (Lipinski definition) is 0. The lowest BCUT2D eigenvalue weighted by atomic mass is 10.2. The van der Waals surface area contributed by atoms with Crippen LogP contribution in [0.2, 0.25) is 0 Å². The van der Waals surface area contributed by atoms with E-state index < -0.39 is 0 Å². The summed E-state index contributed by atoms with van der Waals surface area (Å²) in [4.78, 5) is 16.3. The third-order valence-corrected chi connectivity index (χ3v) is 2.81. The van der Waals surface area contributed by atoms with Crippen molar-refractivity contribution in [3.05, 3.63) is 42.2 Å². The maximum Gasteiger partial charge on any atom is 0.270 e. The minimum absolute atomic E-state index is 0.00884. The Morgan fingerprint density at radius 1 is 1.47 bits per heavy atom. The molecule has 0 aromatic carbocycles. The third-order valence-electron chi connectivity index (χ3n) is 2.81. The van der Waals surface area contributed by atoms with E-state index in [-0.39, 0.29) is 11.9 Å². The number of aromatic nitrogens is 1. The molecule has 17 heavy (non-hydrogen) atoms. The van der Waals surface area contributed by atoms with E-state index in [4.69, 9.17) is 0 Å². The van der Waals surface area contributed by atoms with Gasteiger partial charge in [0.1, 0.15) is 0 Å². The topological polar surface area (TPSA) is 36.4 Å². The van der Waals surface area contributed by atoms with Gasteiger partial charge in [-0.2, -0.15) is 0 Å². The zero-order valence-electron chi connectivity index (χ0n) is 10.3. The Morgan fingerprint density at radius 2 is 2.24 bits per heavy atom. The Kier molecular flexibility index (Phi) is 3.24. The Bertz CT molecular complexity index is 428. The molecule has 1 aliphatic rings. The van der Waals surface area contributed by atoms with Gasteiger partial charge >= 0.3 is 0 Å². The second-order valence-electron chi connectivity index (χ2n) is 4.55. The van der Waals surface area contributed by atoms with Crippen molar-refractivity contribution < 1.29 is 4.79 Å². The molecule has 1 aliphatic heterocycles. The summed E-state index contributed by atoms with van der Waals surface area (Å²) in [7, 11) is 0. The number of carbonyl (C=O) groups is 1. The summed E-state index contributed by atoms with van der Waals surface area (Å²) in [6, 6.07) is 3.85. The van der Waals surface area contributed by atoms with Crippen LogP contribution in [-0.2, 0) is 0 Å². The van der Waals surface area contributed by atoms with E-state index in [1.54, 1.807) is 29.5 Å². The maximum absolute atomic E-state index is 12.3. The first kappa shape index (κ1) is 11.8. The lowest BCUT2D eigenvalue weighted by molar-refractivity contribution is 0.00486. The molecule has 1 fully saturated rings. The first-order valence-electron chi connectivity index (χ1n) is 5.74. The van der Waals surface area contributed by atoms with Crippen molar-refractivity contribution in [2.45, 2.75) is 19.9 Å². The fourth-order valence-electron chi connectivity index (χ4n) is 1.96. The highest BCUT2D eigenvalue weighted by molar-refractivity contribution is 5.93. The Morgan fingerprint density at radius 3 is 2.82 bits per heavy atom. The van der Waals surface area contributed by atoms with Gasteiger partial charge in [0.25, 0.3) is 5.91 Å². The van der Waals surface area contributed by atoms with Gasteiger partial charge < -0.3 is 0 Å². The van der Waals surface area contributed by atoms with E-state index in [2.05, 4.69) is 25.4 Å². The summed E-state index contributed by atoms with van der Waals surface area (Å²) in [5, 5.41) is 3.79. The summed E-state index contributed by atoms with van der Waals surface area (Å²) in [5.74, 6) is -0.00884. The number of hydrazine groups is 1. The van der Waals surface area contributed by atoms with Gasteiger partial charge in [-0.15, -0.1) is 0 Å². The molecular weight excluding hydrogens is 214 g/mol. The van der Waals surface area contributed by atoms with Crippen molar-refractivity contribution in [1.29, 1.82) is 0 Å². The summed E-state index contributed by atoms with van der Waals surface area (Å²) >= 11 is 0. The minimum Gasteiger partial charge on any atom is -0.268 e. The van der Waals surface area contributed by atoms with Gasteiger partial charge in [0, 0.05) is 25.0 Å². The van der Waals surface area contributed by atoms with Gasteiger partial charge in [0.2, 0.25) is 0 Å². The fraction of sp³-hybridized carbons (Fsp3) is 0.385. The molecule has 1 saturated heterocycles. The molecule has 0 unspecified atom stereocenters. The molecule has 0 radical (unpaired) electrons. The molecular formula is C13H17N3O. The van der Waals surface area contributed by atoms with E-state index in [1.165, 1.54) is 0 Å². The number of nitrogens with zero attached hydrogens (tertiary/aromatic N) is 3. The Hall–Kier alpha value is -1.68. The first-order valence-corrected chi connectivity index (χ1v) is 5.74. The highest BCUT2D eigenvalue weighted by Crippen LogP contribution is 2.19. The van der Waals surface area contributed by atoms with E-state index in [0.717, 1.165) is 12.1 Å². The molecule has 1 amide bonds. The van der Waals surface area contributed by atoms with E-state index in [0.29, 0.717) is 12.1 Å². The van der Waals surface area contributed by atoms with Crippen LogP contribution in [0.25, 0.3) is 0 Å². The molecule has 0 bridgehead atoms. The van der Waals surface area contributed by atoms with Crippen LogP contribution in [0.15, 0.2) is 36.7 Å². The zero-order valence-corrected chi connectivity index (χ0v) is 10.3. The van der Waals surface area contributed by atoms with Gasteiger partial charge in [0.05, 0.1) is 12.1 Å². The van der Waals surface area contributed by atoms with Gasteiger partial charge in [-0.1, -0.05) is 6.58 Å². The molecule has 90 valence electrons. The number of hydrogen-bond acceptors (Lipinski definition) is 3.